The maximum Gasteiger partial charge on any atom is 0.286 e. The number of carbonyl (C=O) groups excluding carboxylic acids is 3. The number of hydrogen-bond donors (Lipinski definition) is 1. The van der Waals surface area contributed by atoms with Crippen molar-refractivity contribution in [1.82, 2.24) is 24.9 Å². The van der Waals surface area contributed by atoms with Crippen LogP contribution in [0.2, 0.25) is 5.02 Å². The smallest absolute Gasteiger partial charge is 0.286 e. The van der Waals surface area contributed by atoms with Crippen LogP contribution in [-0.4, -0.2) is 88.4 Å². The van der Waals surface area contributed by atoms with Crippen molar-refractivity contribution in [2.75, 3.05) is 51.1 Å². The van der Waals surface area contributed by atoms with Gasteiger partial charge in [-0.3, -0.25) is 14.4 Å². The number of nitrogens with one attached hydrogen (secondary N) is 1. The maximum absolute atomic E-state index is 13.0. The molecule has 11 heteroatoms. The molecule has 0 spiro atoms. The van der Waals surface area contributed by atoms with Gasteiger partial charge in [-0.05, 0) is 43.7 Å². The normalized spacial score (nSPS) is 19.4. The molecule has 9 nitrogen and oxygen atoms in total. The van der Waals surface area contributed by atoms with Gasteiger partial charge in [-0.1, -0.05) is 29.9 Å². The fourth-order valence-corrected chi connectivity index (χ4v) is 4.99. The second kappa shape index (κ2) is 10.6. The van der Waals surface area contributed by atoms with Gasteiger partial charge in [-0.15, -0.1) is 10.2 Å². The third kappa shape index (κ3) is 5.69. The van der Waals surface area contributed by atoms with Crippen molar-refractivity contribution in [1.29, 1.82) is 0 Å². The van der Waals surface area contributed by atoms with Crippen LogP contribution in [0.3, 0.4) is 0 Å². The molecule has 33 heavy (non-hydrogen) atoms. The number of amides is 3. The predicted molar refractivity (Wildman–Crippen MR) is 127 cm³/mol. The van der Waals surface area contributed by atoms with Crippen molar-refractivity contribution < 1.29 is 14.4 Å². The first-order valence-electron chi connectivity index (χ1n) is 11.2. The Labute approximate surface area is 201 Å². The maximum atomic E-state index is 13.0. The molecule has 0 saturated carbocycles. The summed E-state index contributed by atoms with van der Waals surface area (Å²) in [6, 6.07) is 6.70. The summed E-state index contributed by atoms with van der Waals surface area (Å²) in [6.45, 7) is 7.32. The summed E-state index contributed by atoms with van der Waals surface area (Å²) in [5, 5.41) is 11.4. The van der Waals surface area contributed by atoms with Crippen LogP contribution in [0.5, 0.6) is 0 Å². The van der Waals surface area contributed by atoms with E-state index in [0.717, 1.165) is 56.9 Å². The molecule has 1 atom stereocenters. The summed E-state index contributed by atoms with van der Waals surface area (Å²) in [6.07, 6.45) is 1.54. The Bertz CT molecular complexity index is 1010. The van der Waals surface area contributed by atoms with Gasteiger partial charge in [0, 0.05) is 50.0 Å². The highest BCUT2D eigenvalue weighted by molar-refractivity contribution is 7.15. The van der Waals surface area contributed by atoms with Gasteiger partial charge < -0.3 is 20.0 Å². The molecule has 2 aliphatic rings. The summed E-state index contributed by atoms with van der Waals surface area (Å²) < 4.78 is 0. The standard InChI is InChI=1S/C22H27ClN6O3S/c1-2-27-10-12-28(13-11-27)21(31)15-4-3-9-29(14-15)22(32)20-26-25-19(33-20)18(30)24-17-7-5-16(23)6-8-17/h5-8,15H,2-4,9-14H2,1H3,(H,24,30)/t15-/m0/s1. The lowest BCUT2D eigenvalue weighted by Crippen LogP contribution is -2.52. The van der Waals surface area contributed by atoms with E-state index in [0.29, 0.717) is 23.8 Å². The molecule has 0 radical (unpaired) electrons. The van der Waals surface area contributed by atoms with E-state index < -0.39 is 5.91 Å². The van der Waals surface area contributed by atoms with Gasteiger partial charge in [0.1, 0.15) is 0 Å². The summed E-state index contributed by atoms with van der Waals surface area (Å²) in [5.74, 6) is -0.793. The number of piperazine rings is 1. The lowest BCUT2D eigenvalue weighted by molar-refractivity contribution is -0.138. The van der Waals surface area contributed by atoms with Crippen molar-refractivity contribution in [2.45, 2.75) is 19.8 Å². The third-order valence-corrected chi connectivity index (χ3v) is 7.26. The minimum Gasteiger partial charge on any atom is -0.340 e. The van der Waals surface area contributed by atoms with Gasteiger partial charge in [0.05, 0.1) is 5.92 Å². The van der Waals surface area contributed by atoms with Crippen LogP contribution in [-0.2, 0) is 4.79 Å². The molecule has 1 aromatic heterocycles. The van der Waals surface area contributed by atoms with Gasteiger partial charge in [0.15, 0.2) is 0 Å². The first-order valence-corrected chi connectivity index (χ1v) is 12.3. The Kier molecular flexibility index (Phi) is 7.56. The van der Waals surface area contributed by atoms with Crippen LogP contribution in [0.15, 0.2) is 24.3 Å². The molecule has 0 aliphatic carbocycles. The first-order chi connectivity index (χ1) is 15.9. The number of carbonyl (C=O) groups is 3. The SMILES string of the molecule is CCN1CCN(C(=O)[C@H]2CCCN(C(=O)c3nnc(C(=O)Nc4ccc(Cl)cc4)s3)C2)CC1. The monoisotopic (exact) mass is 490 g/mol. The Morgan fingerprint density at radius 3 is 2.42 bits per heavy atom. The zero-order valence-corrected chi connectivity index (χ0v) is 20.1. The topological polar surface area (TPSA) is 98.7 Å². The minimum atomic E-state index is -0.438. The van der Waals surface area contributed by atoms with Gasteiger partial charge in [-0.2, -0.15) is 0 Å². The number of likely N-dealkylation sites (tertiary alicyclic amines) is 1. The highest BCUT2D eigenvalue weighted by atomic mass is 35.5. The number of nitrogens with zero attached hydrogens (tertiary/aromatic N) is 5. The summed E-state index contributed by atoms with van der Waals surface area (Å²) in [5.41, 5.74) is 0.574. The van der Waals surface area contributed by atoms with Gasteiger partial charge in [-0.25, -0.2) is 0 Å². The molecule has 0 bridgehead atoms. The summed E-state index contributed by atoms with van der Waals surface area (Å²) in [4.78, 5) is 44.4. The van der Waals surface area contributed by atoms with Crippen molar-refractivity contribution in [2.24, 2.45) is 5.92 Å². The molecule has 3 heterocycles. The highest BCUT2D eigenvalue weighted by Gasteiger charge is 2.34. The Balaban J connectivity index is 1.35. The summed E-state index contributed by atoms with van der Waals surface area (Å²) in [7, 11) is 0. The lowest BCUT2D eigenvalue weighted by Gasteiger charge is -2.38. The number of rotatable bonds is 5. The van der Waals surface area contributed by atoms with Crippen molar-refractivity contribution in [3.63, 3.8) is 0 Å². The van der Waals surface area contributed by atoms with Crippen LogP contribution < -0.4 is 5.32 Å². The number of likely N-dealkylation sites (N-methyl/N-ethyl adjacent to an activating group) is 1. The van der Waals surface area contributed by atoms with Gasteiger partial charge in [0.25, 0.3) is 11.8 Å². The van der Waals surface area contributed by atoms with Crippen molar-refractivity contribution in [3.05, 3.63) is 39.3 Å². The molecule has 1 N–H and O–H groups in total. The van der Waals surface area contributed by atoms with E-state index in [-0.39, 0.29) is 27.7 Å². The fourth-order valence-electron chi connectivity index (χ4n) is 4.16. The summed E-state index contributed by atoms with van der Waals surface area (Å²) >= 11 is 6.82. The van der Waals surface area contributed by atoms with E-state index >= 15 is 0 Å². The fraction of sp³-hybridized carbons (Fsp3) is 0.500. The van der Waals surface area contributed by atoms with E-state index in [4.69, 9.17) is 11.6 Å². The minimum absolute atomic E-state index is 0.103. The van der Waals surface area contributed by atoms with E-state index in [2.05, 4.69) is 27.3 Å². The van der Waals surface area contributed by atoms with E-state index in [9.17, 15) is 14.4 Å². The molecule has 0 unspecified atom stereocenters. The number of halogens is 1. The number of aromatic nitrogens is 2. The van der Waals surface area contributed by atoms with Crippen molar-refractivity contribution in [3.8, 4) is 0 Å². The second-order valence-corrected chi connectivity index (χ2v) is 9.64. The molecular formula is C22H27ClN6O3S. The van der Waals surface area contributed by atoms with Gasteiger partial charge >= 0.3 is 0 Å². The molecule has 176 valence electrons. The Hall–Kier alpha value is -2.56. The quantitative estimate of drug-likeness (QED) is 0.691. The first kappa shape index (κ1) is 23.6. The van der Waals surface area contributed by atoms with E-state index in [1.807, 2.05) is 4.90 Å². The molecule has 2 aliphatic heterocycles. The van der Waals surface area contributed by atoms with Crippen LogP contribution in [0, 0.1) is 5.92 Å². The molecular weight excluding hydrogens is 464 g/mol. The average molecular weight is 491 g/mol. The third-order valence-electron chi connectivity index (χ3n) is 6.09. The predicted octanol–water partition coefficient (Wildman–Crippen LogP) is 2.46. The molecule has 2 fully saturated rings. The van der Waals surface area contributed by atoms with Crippen LogP contribution >= 0.6 is 22.9 Å². The van der Waals surface area contributed by atoms with Crippen LogP contribution in [0.4, 0.5) is 5.69 Å². The Morgan fingerprint density at radius 1 is 1.03 bits per heavy atom. The zero-order chi connectivity index (χ0) is 23.4. The number of hydrogen-bond acceptors (Lipinski definition) is 7. The molecule has 2 saturated heterocycles. The average Bonchev–Trinajstić information content (AvgIpc) is 3.35. The second-order valence-electron chi connectivity index (χ2n) is 8.22. The lowest BCUT2D eigenvalue weighted by atomic mass is 9.96. The molecule has 2 aromatic rings. The van der Waals surface area contributed by atoms with Crippen molar-refractivity contribution >= 4 is 46.3 Å². The Morgan fingerprint density at radius 2 is 1.73 bits per heavy atom. The van der Waals surface area contributed by atoms with E-state index in [1.165, 1.54) is 0 Å². The highest BCUT2D eigenvalue weighted by Crippen LogP contribution is 2.23. The number of anilines is 1. The molecule has 1 aromatic carbocycles. The largest absolute Gasteiger partial charge is 0.340 e. The van der Waals surface area contributed by atoms with Crippen LogP contribution in [0.1, 0.15) is 39.4 Å². The van der Waals surface area contributed by atoms with Crippen LogP contribution in [0.25, 0.3) is 0 Å². The van der Waals surface area contributed by atoms with Gasteiger partial charge in [0.2, 0.25) is 15.9 Å². The number of piperidine rings is 1. The number of benzene rings is 1. The van der Waals surface area contributed by atoms with E-state index in [1.54, 1.807) is 29.2 Å². The molecule has 3 amide bonds. The molecule has 4 rings (SSSR count). The zero-order valence-electron chi connectivity index (χ0n) is 18.5.